The molecule has 8 nitrogen and oxygen atoms in total. The number of H-pyrrole nitrogens is 1. The van der Waals surface area contributed by atoms with Gasteiger partial charge in [-0.3, -0.25) is 4.79 Å². The summed E-state index contributed by atoms with van der Waals surface area (Å²) < 4.78 is 5.28. The van der Waals surface area contributed by atoms with Crippen molar-refractivity contribution < 1.29 is 9.53 Å². The number of allylic oxidation sites excluding steroid dienone is 1. The van der Waals surface area contributed by atoms with Gasteiger partial charge in [0.1, 0.15) is 11.6 Å². The number of aromatic nitrogens is 5. The van der Waals surface area contributed by atoms with E-state index in [4.69, 9.17) is 4.74 Å². The van der Waals surface area contributed by atoms with Gasteiger partial charge in [-0.25, -0.2) is 4.98 Å². The maximum absolute atomic E-state index is 13.4. The van der Waals surface area contributed by atoms with Crippen LogP contribution in [-0.4, -0.2) is 49.4 Å². The molecule has 0 radical (unpaired) electrons. The molecule has 0 atom stereocenters. The summed E-state index contributed by atoms with van der Waals surface area (Å²) in [5.41, 5.74) is 3.92. The number of aromatic amines is 1. The molecule has 0 unspecified atom stereocenters. The molecular weight excluding hydrogens is 380 g/mol. The normalized spacial score (nSPS) is 15.2. The third-order valence-electron chi connectivity index (χ3n) is 5.19. The van der Waals surface area contributed by atoms with Crippen molar-refractivity contribution >= 4 is 23.0 Å². The summed E-state index contributed by atoms with van der Waals surface area (Å²) in [5, 5.41) is 8.35. The van der Waals surface area contributed by atoms with Crippen LogP contribution in [0.2, 0.25) is 0 Å². The summed E-state index contributed by atoms with van der Waals surface area (Å²) in [7, 11) is 1.64. The van der Waals surface area contributed by atoms with E-state index in [1.54, 1.807) is 19.5 Å². The molecule has 0 aliphatic carbocycles. The summed E-state index contributed by atoms with van der Waals surface area (Å²) >= 11 is 0. The maximum atomic E-state index is 13.4. The van der Waals surface area contributed by atoms with E-state index in [2.05, 4.69) is 20.2 Å². The van der Waals surface area contributed by atoms with Gasteiger partial charge >= 0.3 is 0 Å². The van der Waals surface area contributed by atoms with Crippen LogP contribution in [0.15, 0.2) is 60.6 Å². The van der Waals surface area contributed by atoms with Crippen molar-refractivity contribution in [2.75, 3.05) is 13.7 Å². The minimum absolute atomic E-state index is 0.0653. The summed E-state index contributed by atoms with van der Waals surface area (Å²) in [4.78, 5) is 24.6. The number of benzene rings is 2. The van der Waals surface area contributed by atoms with E-state index in [1.807, 2.05) is 53.4 Å². The number of hydrogen-bond donors (Lipinski definition) is 1. The van der Waals surface area contributed by atoms with E-state index >= 15 is 0 Å². The van der Waals surface area contributed by atoms with E-state index in [9.17, 15) is 4.79 Å². The lowest BCUT2D eigenvalue weighted by atomic mass is 10.1. The van der Waals surface area contributed by atoms with E-state index < -0.39 is 0 Å². The van der Waals surface area contributed by atoms with Crippen molar-refractivity contribution in [1.82, 2.24) is 29.9 Å². The second-order valence-electron chi connectivity index (χ2n) is 7.04. The van der Waals surface area contributed by atoms with Gasteiger partial charge in [-0.2, -0.15) is 15.0 Å². The number of carbonyl (C=O) groups excluding carboxylic acids is 1. The molecule has 1 fully saturated rings. The summed E-state index contributed by atoms with van der Waals surface area (Å²) in [5.74, 6) is 1.42. The number of fused-ring (bicyclic) bond motifs is 1. The molecule has 1 N–H and O–H groups in total. The Kier molecular flexibility index (Phi) is 4.51. The van der Waals surface area contributed by atoms with Crippen LogP contribution in [0.5, 0.6) is 5.75 Å². The SMILES string of the molecule is COc1ccc2nc(C=C3CCCN3C(=O)c3ccccc3-n3nccn3)[nH]c2c1. The molecule has 0 saturated carbocycles. The molecule has 1 aliphatic rings. The Morgan fingerprint density at radius 2 is 2.00 bits per heavy atom. The molecule has 2 aromatic heterocycles. The highest BCUT2D eigenvalue weighted by Crippen LogP contribution is 2.28. The maximum Gasteiger partial charge on any atom is 0.260 e. The number of ether oxygens (including phenoxy) is 1. The monoisotopic (exact) mass is 400 g/mol. The summed E-state index contributed by atoms with van der Waals surface area (Å²) in [6.45, 7) is 0.666. The fourth-order valence-electron chi connectivity index (χ4n) is 3.75. The van der Waals surface area contributed by atoms with Crippen molar-refractivity contribution in [2.24, 2.45) is 0 Å². The number of amides is 1. The Bertz CT molecular complexity index is 1240. The highest BCUT2D eigenvalue weighted by Gasteiger charge is 2.27. The summed E-state index contributed by atoms with van der Waals surface area (Å²) in [6.07, 6.45) is 6.87. The van der Waals surface area contributed by atoms with Gasteiger partial charge in [0.25, 0.3) is 5.91 Å². The predicted molar refractivity (Wildman–Crippen MR) is 112 cm³/mol. The molecule has 0 spiro atoms. The van der Waals surface area contributed by atoms with Gasteiger partial charge in [0.15, 0.2) is 0 Å². The molecule has 5 rings (SSSR count). The molecule has 2 aromatic carbocycles. The quantitative estimate of drug-likeness (QED) is 0.567. The number of nitrogens with zero attached hydrogens (tertiary/aromatic N) is 5. The Balaban J connectivity index is 1.48. The lowest BCUT2D eigenvalue weighted by Crippen LogP contribution is -2.27. The first-order valence-electron chi connectivity index (χ1n) is 9.75. The highest BCUT2D eigenvalue weighted by atomic mass is 16.5. The molecule has 1 amide bonds. The Hall–Kier alpha value is -3.94. The zero-order valence-corrected chi connectivity index (χ0v) is 16.4. The number of carbonyl (C=O) groups is 1. The van der Waals surface area contributed by atoms with Crippen LogP contribution < -0.4 is 4.74 Å². The second kappa shape index (κ2) is 7.47. The average Bonchev–Trinajstić information content (AvgIpc) is 3.53. The van der Waals surface area contributed by atoms with E-state index in [1.165, 1.54) is 4.80 Å². The molecule has 30 heavy (non-hydrogen) atoms. The van der Waals surface area contributed by atoms with Crippen molar-refractivity contribution in [3.05, 3.63) is 71.9 Å². The van der Waals surface area contributed by atoms with Crippen LogP contribution >= 0.6 is 0 Å². The third kappa shape index (κ3) is 3.22. The smallest absolute Gasteiger partial charge is 0.260 e. The minimum Gasteiger partial charge on any atom is -0.497 e. The van der Waals surface area contributed by atoms with Crippen molar-refractivity contribution in [3.63, 3.8) is 0 Å². The fourth-order valence-corrected chi connectivity index (χ4v) is 3.75. The Labute approximate surface area is 172 Å². The van der Waals surface area contributed by atoms with Gasteiger partial charge < -0.3 is 14.6 Å². The van der Waals surface area contributed by atoms with Crippen LogP contribution in [0.25, 0.3) is 22.8 Å². The van der Waals surface area contributed by atoms with Crippen LogP contribution in [-0.2, 0) is 0 Å². The first-order chi connectivity index (χ1) is 14.7. The molecule has 8 heteroatoms. The highest BCUT2D eigenvalue weighted by molar-refractivity contribution is 5.99. The minimum atomic E-state index is -0.0653. The molecule has 1 aliphatic heterocycles. The third-order valence-corrected chi connectivity index (χ3v) is 5.19. The van der Waals surface area contributed by atoms with Gasteiger partial charge in [0.2, 0.25) is 0 Å². The number of nitrogens with one attached hydrogen (secondary N) is 1. The molecule has 3 heterocycles. The largest absolute Gasteiger partial charge is 0.497 e. The number of imidazole rings is 1. The topological polar surface area (TPSA) is 88.9 Å². The zero-order chi connectivity index (χ0) is 20.5. The number of rotatable bonds is 4. The molecule has 0 bridgehead atoms. The standard InChI is InChI=1S/C22H20N6O2/c1-30-16-8-9-18-19(14-16)26-21(25-18)13-15-5-4-12-27(15)22(29)17-6-2-3-7-20(17)28-23-10-11-24-28/h2-3,6-11,13-14H,4-5,12H2,1H3,(H,25,26). The van der Waals surface area contributed by atoms with Crippen LogP contribution in [0, 0.1) is 0 Å². The van der Waals surface area contributed by atoms with Crippen LogP contribution in [0.3, 0.4) is 0 Å². The van der Waals surface area contributed by atoms with E-state index in [0.717, 1.165) is 41.1 Å². The average molecular weight is 400 g/mol. The van der Waals surface area contributed by atoms with Gasteiger partial charge in [0.05, 0.1) is 41.8 Å². The lowest BCUT2D eigenvalue weighted by Gasteiger charge is -2.19. The van der Waals surface area contributed by atoms with Gasteiger partial charge in [-0.1, -0.05) is 12.1 Å². The van der Waals surface area contributed by atoms with Crippen LogP contribution in [0.4, 0.5) is 0 Å². The van der Waals surface area contributed by atoms with Crippen LogP contribution in [0.1, 0.15) is 29.0 Å². The van der Waals surface area contributed by atoms with Crippen molar-refractivity contribution in [2.45, 2.75) is 12.8 Å². The number of likely N-dealkylation sites (tertiary alicyclic amines) is 1. The fraction of sp³-hybridized carbons (Fsp3) is 0.182. The Morgan fingerprint density at radius 1 is 1.17 bits per heavy atom. The Morgan fingerprint density at radius 3 is 2.83 bits per heavy atom. The molecular formula is C22H20N6O2. The number of hydrogen-bond acceptors (Lipinski definition) is 5. The van der Waals surface area contributed by atoms with E-state index in [-0.39, 0.29) is 5.91 Å². The van der Waals surface area contributed by atoms with Gasteiger partial charge in [-0.05, 0) is 37.1 Å². The van der Waals surface area contributed by atoms with Crippen molar-refractivity contribution in [3.8, 4) is 11.4 Å². The second-order valence-corrected chi connectivity index (χ2v) is 7.04. The number of para-hydroxylation sites is 1. The lowest BCUT2D eigenvalue weighted by molar-refractivity contribution is 0.0826. The predicted octanol–water partition coefficient (Wildman–Crippen LogP) is 3.43. The molecule has 150 valence electrons. The van der Waals surface area contributed by atoms with Gasteiger partial charge in [0, 0.05) is 24.4 Å². The molecule has 1 saturated heterocycles. The van der Waals surface area contributed by atoms with Crippen molar-refractivity contribution in [1.29, 1.82) is 0 Å². The zero-order valence-electron chi connectivity index (χ0n) is 16.4. The number of methoxy groups -OCH3 is 1. The molecule has 4 aromatic rings. The first-order valence-corrected chi connectivity index (χ1v) is 9.75. The first kappa shape index (κ1) is 18.1. The summed E-state index contributed by atoms with van der Waals surface area (Å²) in [6, 6.07) is 13.1. The van der Waals surface area contributed by atoms with Gasteiger partial charge in [-0.15, -0.1) is 0 Å². The van der Waals surface area contributed by atoms with E-state index in [0.29, 0.717) is 17.8 Å².